The Labute approximate surface area is 514 Å². The zero-order valence-corrected chi connectivity index (χ0v) is 50.6. The smallest absolute Gasteiger partial charge is 0.201 e. The van der Waals surface area contributed by atoms with E-state index in [2.05, 4.69) is 87.1 Å². The van der Waals surface area contributed by atoms with Crippen LogP contribution in [0.15, 0.2) is 140 Å². The molecule has 4 heterocycles. The number of hydrogen-bond donors (Lipinski definition) is 0. The van der Waals surface area contributed by atoms with Crippen molar-refractivity contribution in [3.63, 3.8) is 0 Å². The second-order valence-corrected chi connectivity index (χ2v) is 23.5. The maximum atomic E-state index is 8.56. The number of nitrogens with zero attached hydrogens (tertiary/aromatic N) is 4. The molecule has 0 N–H and O–H groups in total. The summed E-state index contributed by atoms with van der Waals surface area (Å²) in [5.41, 5.74) is 19.2. The molecule has 4 aromatic heterocycles. The van der Waals surface area contributed by atoms with E-state index in [-0.39, 0.29) is 29.7 Å². The van der Waals surface area contributed by atoms with Crippen molar-refractivity contribution in [3.05, 3.63) is 212 Å². The summed E-state index contributed by atoms with van der Waals surface area (Å²) in [5.74, 6) is -1.21. The molecule has 4 nitrogen and oxygen atoms in total. The Kier molecular flexibility index (Phi) is 20.6. The lowest BCUT2D eigenvalue weighted by Crippen LogP contribution is -2.32. The third-order valence-electron chi connectivity index (χ3n) is 13.6. The summed E-state index contributed by atoms with van der Waals surface area (Å²) < 4.78 is 104. The van der Waals surface area contributed by atoms with Crippen molar-refractivity contribution in [2.24, 2.45) is 39.0 Å². The van der Waals surface area contributed by atoms with E-state index in [1.807, 2.05) is 193 Å². The van der Waals surface area contributed by atoms with Crippen LogP contribution in [0.2, 0.25) is 0 Å². The number of rotatable bonds is 8. The summed E-state index contributed by atoms with van der Waals surface area (Å²) >= 11 is 0. The summed E-state index contributed by atoms with van der Waals surface area (Å²) in [6.45, 7) is 29.0. The van der Waals surface area contributed by atoms with Crippen molar-refractivity contribution < 1.29 is 34.7 Å². The van der Waals surface area contributed by atoms with Crippen LogP contribution in [0.4, 0.5) is 0 Å². The summed E-state index contributed by atoms with van der Waals surface area (Å²) in [6, 6.07) is 37.4. The molecule has 0 aliphatic rings. The summed E-state index contributed by atoms with van der Waals surface area (Å²) in [6.07, 6.45) is 5.01. The van der Waals surface area contributed by atoms with Crippen molar-refractivity contribution in [1.82, 2.24) is 0 Å². The summed E-state index contributed by atoms with van der Waals surface area (Å²) in [5, 5.41) is 0. The maximum Gasteiger partial charge on any atom is 0.212 e. The molecule has 0 bridgehead atoms. The fraction of sp³-hybridized carbons (Fsp3) is 0.429. The van der Waals surface area contributed by atoms with Gasteiger partial charge in [-0.3, -0.25) is 0 Å². The standard InChI is InChI=1S/C20H28N.C19H26N.2C17H22N.4CH4/c1-14-8-9-18(16(3)10-14)19-11-15(2)17(13-21(19)7)12-20(4,5)6;1-14-9-7-8-10-17(14)18-11-15(2)16(13-20(18)6)12-19(3,4)5;1-12(2)15-7-9-17(18(5)11-15)16-8-6-13(3)10-14(16)4;1-12(2)16-11-18(5)17(10-14(16)4)15-9-7-6-8-13(15)3;;;;/h8-11,13H,12H2,1-7H3;7-11,13H,12H2,1-6H3;2*6-12H,1-5H3;4*1H4/q4*+1;;;;/i1D3,12D2;12D2;3D3,12D;12D;;;;. The lowest BCUT2D eigenvalue weighted by molar-refractivity contribution is -0.661. The van der Waals surface area contributed by atoms with Crippen LogP contribution in [0, 0.1) is 73.0 Å². The molecule has 8 aromatic rings. The number of aryl methyl sites for hydroxylation is 13. The molecule has 0 fully saturated rings. The monoisotopic (exact) mass is 1110 g/mol. The SMILES string of the molecule is C.C.C.C.[2H]C(C)(C)c1c[n+](C)c(-c2ccccc2C)cc1C.[2H]C([2H])([2H])c1ccc(-c2cc(C)c(C([2H])([2H])C(C)(C)C)c[n+]2C)c(C)c1.[2H]C([2H])([2H])c1ccc(-c2ccc(C([2H])(C)C)c[n+]2C)c(C)c1.[2H]C([2H])(c1c[n+](C)c(-c2ccccc2C)cc1C)C(C)(C)C. The van der Waals surface area contributed by atoms with Gasteiger partial charge in [-0.1, -0.05) is 171 Å². The molecular formula is C77H114N4+4. The molecule has 0 amide bonds. The zero-order chi connectivity index (χ0) is 67.7. The average Bonchev–Trinajstić information content (AvgIpc) is 0.780. The Morgan fingerprint density at radius 1 is 0.395 bits per heavy atom. The minimum absolute atomic E-state index is 0. The molecule has 0 spiro atoms. The predicted octanol–water partition coefficient (Wildman–Crippen LogP) is 19.5. The van der Waals surface area contributed by atoms with Gasteiger partial charge in [0.05, 0.1) is 0 Å². The molecule has 0 saturated carbocycles. The van der Waals surface area contributed by atoms with Gasteiger partial charge in [0.2, 0.25) is 22.8 Å². The Balaban J connectivity index is 0.000000614. The van der Waals surface area contributed by atoms with Gasteiger partial charge in [0, 0.05) is 85.2 Å². The predicted molar refractivity (Wildman–Crippen MR) is 356 cm³/mol. The first kappa shape index (κ1) is 53.8. The van der Waals surface area contributed by atoms with Crippen molar-refractivity contribution in [3.8, 4) is 45.0 Å². The molecule has 4 aromatic carbocycles. The fourth-order valence-corrected chi connectivity index (χ4v) is 9.45. The average molecular weight is 1110 g/mol. The van der Waals surface area contributed by atoms with Crippen LogP contribution in [0.25, 0.3) is 45.0 Å². The fourth-order valence-electron chi connectivity index (χ4n) is 9.45. The lowest BCUT2D eigenvalue weighted by Gasteiger charge is -2.19. The Bertz CT molecular complexity index is 3770. The largest absolute Gasteiger partial charge is 0.212 e. The first-order valence-corrected chi connectivity index (χ1v) is 26.9. The van der Waals surface area contributed by atoms with Crippen LogP contribution in [-0.4, -0.2) is 0 Å². The van der Waals surface area contributed by atoms with Crippen LogP contribution in [0.5, 0.6) is 0 Å². The van der Waals surface area contributed by atoms with E-state index >= 15 is 0 Å². The van der Waals surface area contributed by atoms with Crippen molar-refractivity contribution in [1.29, 1.82) is 0 Å². The molecular weight excluding hydrogens is 981 g/mol. The van der Waals surface area contributed by atoms with Gasteiger partial charge in [-0.25, -0.2) is 18.3 Å². The van der Waals surface area contributed by atoms with E-state index in [9.17, 15) is 0 Å². The topological polar surface area (TPSA) is 15.5 Å². The van der Waals surface area contributed by atoms with Crippen LogP contribution < -0.4 is 18.3 Å². The molecule has 0 unspecified atom stereocenters. The quantitative estimate of drug-likeness (QED) is 0.135. The van der Waals surface area contributed by atoms with E-state index in [0.29, 0.717) is 16.7 Å². The number of aromatic nitrogens is 4. The highest BCUT2D eigenvalue weighted by atomic mass is 14.9. The molecule has 4 heteroatoms. The maximum absolute atomic E-state index is 8.56. The molecule has 81 heavy (non-hydrogen) atoms. The molecule has 0 atom stereocenters. The van der Waals surface area contributed by atoms with E-state index < -0.39 is 49.1 Å². The van der Waals surface area contributed by atoms with E-state index in [1.165, 1.54) is 33.5 Å². The van der Waals surface area contributed by atoms with Crippen LogP contribution in [-0.2, 0) is 40.9 Å². The normalized spacial score (nSPS) is 13.9. The minimum atomic E-state index is -2.12. The van der Waals surface area contributed by atoms with E-state index in [0.717, 1.165) is 67.2 Å². The second-order valence-electron chi connectivity index (χ2n) is 23.5. The highest BCUT2D eigenvalue weighted by molar-refractivity contribution is 5.64. The highest BCUT2D eigenvalue weighted by Gasteiger charge is 2.22. The summed E-state index contributed by atoms with van der Waals surface area (Å²) in [4.78, 5) is 0. The van der Waals surface area contributed by atoms with Crippen molar-refractivity contribution >= 4 is 0 Å². The van der Waals surface area contributed by atoms with Crippen LogP contribution >= 0.6 is 0 Å². The second kappa shape index (κ2) is 31.1. The van der Waals surface area contributed by atoms with Gasteiger partial charge in [0.1, 0.15) is 28.2 Å². The van der Waals surface area contributed by atoms with E-state index in [1.54, 1.807) is 24.3 Å². The summed E-state index contributed by atoms with van der Waals surface area (Å²) in [7, 11) is 7.88. The lowest BCUT2D eigenvalue weighted by atomic mass is 9.87. The molecule has 0 radical (unpaired) electrons. The number of pyridine rings is 4. The van der Waals surface area contributed by atoms with Crippen LogP contribution in [0.1, 0.15) is 200 Å². The Hall–Kier alpha value is -6.52. The van der Waals surface area contributed by atoms with Crippen molar-refractivity contribution in [2.75, 3.05) is 0 Å². The Morgan fingerprint density at radius 3 is 1.10 bits per heavy atom. The van der Waals surface area contributed by atoms with Gasteiger partial charge in [-0.2, -0.15) is 0 Å². The molecule has 8 rings (SSSR count). The van der Waals surface area contributed by atoms with Gasteiger partial charge in [-0.05, 0) is 167 Å². The third-order valence-corrected chi connectivity index (χ3v) is 13.6. The van der Waals surface area contributed by atoms with Gasteiger partial charge in [-0.15, -0.1) is 0 Å². The molecule has 438 valence electrons. The first-order valence-electron chi connectivity index (χ1n) is 32.9. The van der Waals surface area contributed by atoms with E-state index in [4.69, 9.17) is 16.4 Å². The molecule has 0 aliphatic carbocycles. The minimum Gasteiger partial charge on any atom is -0.201 e. The Morgan fingerprint density at radius 2 is 0.753 bits per heavy atom. The first-order chi connectivity index (χ1) is 40.5. The number of benzene rings is 4. The zero-order valence-electron chi connectivity index (χ0n) is 62.6. The van der Waals surface area contributed by atoms with Gasteiger partial charge in [0.25, 0.3) is 0 Å². The molecule has 0 saturated heterocycles. The number of hydrogen-bond acceptors (Lipinski definition) is 0. The molecule has 0 aliphatic heterocycles. The van der Waals surface area contributed by atoms with Gasteiger partial charge >= 0.3 is 0 Å². The highest BCUT2D eigenvalue weighted by Crippen LogP contribution is 2.30. The van der Waals surface area contributed by atoms with Gasteiger partial charge < -0.3 is 0 Å². The van der Waals surface area contributed by atoms with Crippen molar-refractivity contribution in [2.45, 2.75) is 186 Å². The third kappa shape index (κ3) is 20.2. The van der Waals surface area contributed by atoms with Crippen LogP contribution in [0.3, 0.4) is 0 Å². The van der Waals surface area contributed by atoms with Gasteiger partial charge in [0.15, 0.2) is 24.8 Å².